The number of carbonyl (C=O) groups excluding carboxylic acids is 3. The second-order valence-corrected chi connectivity index (χ2v) is 6.93. The van der Waals surface area contributed by atoms with Gasteiger partial charge in [-0.25, -0.2) is 4.79 Å². The van der Waals surface area contributed by atoms with E-state index in [2.05, 4.69) is 13.8 Å². The lowest BCUT2D eigenvalue weighted by atomic mass is 9.80. The number of benzene rings is 1. The summed E-state index contributed by atoms with van der Waals surface area (Å²) in [7, 11) is 1.21. The van der Waals surface area contributed by atoms with Gasteiger partial charge in [-0.3, -0.25) is 4.79 Å². The van der Waals surface area contributed by atoms with Gasteiger partial charge in [-0.05, 0) is 24.6 Å². The SMILES string of the molecule is CCC.COC(=O)C1=COC(C)C(C=O)[C@@H]1CC(=O)OCCc1ccc(O)c(O)c1. The summed E-state index contributed by atoms with van der Waals surface area (Å²) >= 11 is 0. The molecule has 0 aromatic heterocycles. The number of aldehydes is 1. The zero-order valence-corrected chi connectivity index (χ0v) is 17.8. The van der Waals surface area contributed by atoms with Crippen molar-refractivity contribution in [2.45, 2.75) is 46.1 Å². The van der Waals surface area contributed by atoms with Crippen LogP contribution in [0.4, 0.5) is 0 Å². The minimum absolute atomic E-state index is 0.0465. The van der Waals surface area contributed by atoms with Crippen molar-refractivity contribution in [3.8, 4) is 11.5 Å². The number of phenolic OH excluding ortho intramolecular Hbond substituents is 2. The van der Waals surface area contributed by atoms with Crippen LogP contribution in [0.15, 0.2) is 30.0 Å². The van der Waals surface area contributed by atoms with Gasteiger partial charge in [0.1, 0.15) is 12.4 Å². The fourth-order valence-corrected chi connectivity index (χ4v) is 2.91. The highest BCUT2D eigenvalue weighted by Gasteiger charge is 2.39. The molecule has 0 bridgehead atoms. The zero-order valence-electron chi connectivity index (χ0n) is 17.8. The van der Waals surface area contributed by atoms with Gasteiger partial charge < -0.3 is 29.2 Å². The van der Waals surface area contributed by atoms with Crippen LogP contribution in [0.5, 0.6) is 11.5 Å². The molecule has 1 aromatic rings. The van der Waals surface area contributed by atoms with Gasteiger partial charge in [-0.1, -0.05) is 26.3 Å². The van der Waals surface area contributed by atoms with Gasteiger partial charge in [0.15, 0.2) is 11.5 Å². The Morgan fingerprint density at radius 2 is 1.87 bits per heavy atom. The van der Waals surface area contributed by atoms with Crippen LogP contribution in [0.25, 0.3) is 0 Å². The van der Waals surface area contributed by atoms with Gasteiger partial charge in [-0.2, -0.15) is 0 Å². The van der Waals surface area contributed by atoms with Crippen molar-refractivity contribution in [1.82, 2.24) is 0 Å². The van der Waals surface area contributed by atoms with E-state index in [-0.39, 0.29) is 30.1 Å². The molecular weight excluding hydrogens is 392 g/mol. The molecule has 0 spiro atoms. The summed E-state index contributed by atoms with van der Waals surface area (Å²) in [5, 5.41) is 18.7. The molecule has 1 aliphatic heterocycles. The monoisotopic (exact) mass is 422 g/mol. The van der Waals surface area contributed by atoms with Gasteiger partial charge in [0.05, 0.1) is 37.9 Å². The molecule has 1 aromatic carbocycles. The van der Waals surface area contributed by atoms with Crippen molar-refractivity contribution < 1.29 is 38.8 Å². The van der Waals surface area contributed by atoms with Gasteiger partial charge in [0.2, 0.25) is 0 Å². The molecule has 0 fully saturated rings. The van der Waals surface area contributed by atoms with Crippen LogP contribution in [0.1, 0.15) is 39.2 Å². The summed E-state index contributed by atoms with van der Waals surface area (Å²) in [6, 6.07) is 4.32. The Morgan fingerprint density at radius 3 is 2.43 bits per heavy atom. The molecule has 8 heteroatoms. The number of methoxy groups -OCH3 is 1. The number of hydrogen-bond acceptors (Lipinski definition) is 8. The first-order valence-electron chi connectivity index (χ1n) is 9.84. The quantitative estimate of drug-likeness (QED) is 0.391. The van der Waals surface area contributed by atoms with Crippen LogP contribution in [0.3, 0.4) is 0 Å². The van der Waals surface area contributed by atoms with Gasteiger partial charge in [0, 0.05) is 12.3 Å². The zero-order chi connectivity index (χ0) is 22.7. The summed E-state index contributed by atoms with van der Waals surface area (Å²) in [5.74, 6) is -3.08. The third-order valence-corrected chi connectivity index (χ3v) is 4.47. The molecule has 8 nitrogen and oxygen atoms in total. The maximum Gasteiger partial charge on any atom is 0.337 e. The van der Waals surface area contributed by atoms with Crippen molar-refractivity contribution in [3.05, 3.63) is 35.6 Å². The molecule has 2 rings (SSSR count). The van der Waals surface area contributed by atoms with Crippen molar-refractivity contribution >= 4 is 18.2 Å². The van der Waals surface area contributed by atoms with E-state index in [1.54, 1.807) is 13.0 Å². The average Bonchev–Trinajstić information content (AvgIpc) is 2.71. The minimum Gasteiger partial charge on any atom is -0.504 e. The van der Waals surface area contributed by atoms with Gasteiger partial charge in [-0.15, -0.1) is 0 Å². The van der Waals surface area contributed by atoms with Crippen molar-refractivity contribution in [2.75, 3.05) is 13.7 Å². The maximum atomic E-state index is 12.2. The minimum atomic E-state index is -0.691. The second kappa shape index (κ2) is 12.5. The molecule has 2 N–H and O–H groups in total. The molecule has 30 heavy (non-hydrogen) atoms. The van der Waals surface area contributed by atoms with Crippen LogP contribution in [-0.4, -0.2) is 48.3 Å². The molecule has 0 radical (unpaired) electrons. The molecule has 3 atom stereocenters. The summed E-state index contributed by atoms with van der Waals surface area (Å²) in [4.78, 5) is 35.5. The van der Waals surface area contributed by atoms with E-state index in [1.165, 1.54) is 31.9 Å². The lowest BCUT2D eigenvalue weighted by Gasteiger charge is -2.32. The number of esters is 2. The fraction of sp³-hybridized carbons (Fsp3) is 0.500. The fourth-order valence-electron chi connectivity index (χ4n) is 2.91. The van der Waals surface area contributed by atoms with Crippen molar-refractivity contribution in [2.24, 2.45) is 11.8 Å². The Hall–Kier alpha value is -3.03. The molecular formula is C22H30O8. The number of aromatic hydroxyl groups is 2. The molecule has 1 aliphatic rings. The van der Waals surface area contributed by atoms with Gasteiger partial charge in [0.25, 0.3) is 0 Å². The molecule has 1 heterocycles. The van der Waals surface area contributed by atoms with Crippen molar-refractivity contribution in [3.63, 3.8) is 0 Å². The van der Waals surface area contributed by atoms with Crippen LogP contribution in [0.2, 0.25) is 0 Å². The Morgan fingerprint density at radius 1 is 1.20 bits per heavy atom. The normalized spacial score (nSPS) is 20.0. The smallest absolute Gasteiger partial charge is 0.337 e. The van der Waals surface area contributed by atoms with Crippen LogP contribution < -0.4 is 0 Å². The molecule has 0 aliphatic carbocycles. The average molecular weight is 422 g/mol. The Kier molecular flexibility index (Phi) is 10.4. The molecule has 0 amide bonds. The second-order valence-electron chi connectivity index (χ2n) is 6.93. The van der Waals surface area contributed by atoms with Crippen LogP contribution >= 0.6 is 0 Å². The van der Waals surface area contributed by atoms with E-state index in [0.717, 1.165) is 0 Å². The van der Waals surface area contributed by atoms with E-state index >= 15 is 0 Å². The first-order valence-corrected chi connectivity index (χ1v) is 9.84. The highest BCUT2D eigenvalue weighted by molar-refractivity contribution is 5.90. The topological polar surface area (TPSA) is 119 Å². The Labute approximate surface area is 176 Å². The molecule has 2 unspecified atom stereocenters. The number of ether oxygens (including phenoxy) is 3. The number of carbonyl (C=O) groups is 3. The van der Waals surface area contributed by atoms with E-state index in [9.17, 15) is 24.6 Å². The maximum absolute atomic E-state index is 12.2. The molecule has 0 saturated carbocycles. The molecule has 0 saturated heterocycles. The van der Waals surface area contributed by atoms with Crippen molar-refractivity contribution in [1.29, 1.82) is 0 Å². The third-order valence-electron chi connectivity index (χ3n) is 4.47. The van der Waals surface area contributed by atoms with Crippen LogP contribution in [-0.2, 0) is 35.0 Å². The largest absolute Gasteiger partial charge is 0.504 e. The van der Waals surface area contributed by atoms with E-state index in [4.69, 9.17) is 14.2 Å². The highest BCUT2D eigenvalue weighted by atomic mass is 16.5. The summed E-state index contributed by atoms with van der Waals surface area (Å²) < 4.78 is 15.2. The first-order chi connectivity index (χ1) is 14.3. The summed E-state index contributed by atoms with van der Waals surface area (Å²) in [6.45, 7) is 5.98. The Bertz CT molecular complexity index is 756. The predicted octanol–water partition coefficient (Wildman–Crippen LogP) is 2.90. The predicted molar refractivity (Wildman–Crippen MR) is 109 cm³/mol. The summed E-state index contributed by atoms with van der Waals surface area (Å²) in [5.41, 5.74) is 0.798. The standard InChI is InChI=1S/C19H22O8.C3H8/c1-11-14(9-20)13(15(10-27-11)19(24)25-2)8-18(23)26-6-5-12-3-4-16(21)17(22)7-12;1-3-2/h3-4,7,9-11,13-14,21-22H,5-6,8H2,1-2H3;3H2,1-2H3/t11?,13-,14?;/m0./s1. The highest BCUT2D eigenvalue weighted by Crippen LogP contribution is 2.33. The number of rotatable bonds is 7. The first kappa shape index (κ1) is 25.0. The lowest BCUT2D eigenvalue weighted by Crippen LogP contribution is -2.37. The summed E-state index contributed by atoms with van der Waals surface area (Å²) in [6.07, 6.45) is 2.83. The van der Waals surface area contributed by atoms with E-state index in [0.29, 0.717) is 18.3 Å². The Balaban J connectivity index is 0.00000141. The lowest BCUT2D eigenvalue weighted by molar-refractivity contribution is -0.146. The molecule has 166 valence electrons. The van der Waals surface area contributed by atoms with E-state index < -0.39 is 29.9 Å². The van der Waals surface area contributed by atoms with Crippen LogP contribution in [0, 0.1) is 11.8 Å². The number of phenols is 2. The van der Waals surface area contributed by atoms with E-state index in [1.807, 2.05) is 0 Å². The number of hydrogen-bond donors (Lipinski definition) is 2. The third kappa shape index (κ3) is 7.09. The van der Waals surface area contributed by atoms with Gasteiger partial charge >= 0.3 is 11.9 Å².